The van der Waals surface area contributed by atoms with Crippen molar-refractivity contribution < 1.29 is 8.42 Å². The molecule has 0 radical (unpaired) electrons. The Kier molecular flexibility index (Phi) is 4.14. The molecule has 0 aromatic rings. The van der Waals surface area contributed by atoms with Crippen molar-refractivity contribution in [3.8, 4) is 0 Å². The van der Waals surface area contributed by atoms with E-state index in [-0.39, 0.29) is 6.04 Å². The fraction of sp³-hybridized carbons (Fsp3) is 0.538. The van der Waals surface area contributed by atoms with Crippen LogP contribution in [0.5, 0.6) is 0 Å². The van der Waals surface area contributed by atoms with Gasteiger partial charge in [-0.1, -0.05) is 12.2 Å². The molecule has 2 aliphatic rings. The Morgan fingerprint density at radius 3 is 2.78 bits per heavy atom. The molecule has 1 fully saturated rings. The summed E-state index contributed by atoms with van der Waals surface area (Å²) in [6.45, 7) is 4.50. The molecule has 5 heteroatoms. The van der Waals surface area contributed by atoms with Crippen molar-refractivity contribution >= 4 is 26.0 Å². The van der Waals surface area contributed by atoms with Gasteiger partial charge in [-0.15, -0.1) is 0 Å². The standard InChI is InChI=1S/C13H18BrNO2S/c1-10-6-3-4-8-12(14)13(10)18(16,17)15-9-5-7-11(15)2/h3-4,8,11H,5-7,9H2,1-2H3. The van der Waals surface area contributed by atoms with Crippen molar-refractivity contribution in [1.82, 2.24) is 4.31 Å². The van der Waals surface area contributed by atoms with E-state index < -0.39 is 10.0 Å². The summed E-state index contributed by atoms with van der Waals surface area (Å²) in [6.07, 6.45) is 8.26. The van der Waals surface area contributed by atoms with Crippen LogP contribution in [0.25, 0.3) is 0 Å². The van der Waals surface area contributed by atoms with E-state index in [0.717, 1.165) is 18.4 Å². The van der Waals surface area contributed by atoms with Crippen LogP contribution in [0.1, 0.15) is 33.1 Å². The summed E-state index contributed by atoms with van der Waals surface area (Å²) in [5.74, 6) is 0. The van der Waals surface area contributed by atoms with Gasteiger partial charge in [-0.3, -0.25) is 0 Å². The maximum Gasteiger partial charge on any atom is 0.244 e. The fourth-order valence-corrected chi connectivity index (χ4v) is 5.62. The number of nitrogens with zero attached hydrogens (tertiary/aromatic N) is 1. The molecule has 1 heterocycles. The predicted molar refractivity (Wildman–Crippen MR) is 77.8 cm³/mol. The van der Waals surface area contributed by atoms with Gasteiger partial charge in [-0.05, 0) is 60.7 Å². The number of allylic oxidation sites excluding steroid dienone is 5. The van der Waals surface area contributed by atoms with Crippen molar-refractivity contribution in [3.05, 3.63) is 33.2 Å². The van der Waals surface area contributed by atoms with Crippen LogP contribution in [0.4, 0.5) is 0 Å². The molecule has 0 saturated carbocycles. The Morgan fingerprint density at radius 2 is 2.17 bits per heavy atom. The van der Waals surface area contributed by atoms with E-state index in [1.165, 1.54) is 0 Å². The zero-order valence-corrected chi connectivity index (χ0v) is 13.1. The Morgan fingerprint density at radius 1 is 1.44 bits per heavy atom. The van der Waals surface area contributed by atoms with Gasteiger partial charge in [0.05, 0.1) is 4.91 Å². The monoisotopic (exact) mass is 331 g/mol. The quantitative estimate of drug-likeness (QED) is 0.778. The topological polar surface area (TPSA) is 37.4 Å². The number of sulfonamides is 1. The minimum absolute atomic E-state index is 0.104. The predicted octanol–water partition coefficient (Wildman–Crippen LogP) is 3.31. The van der Waals surface area contributed by atoms with Gasteiger partial charge in [0, 0.05) is 17.1 Å². The Bertz CT molecular complexity index is 531. The van der Waals surface area contributed by atoms with Crippen LogP contribution in [0.2, 0.25) is 0 Å². The van der Waals surface area contributed by atoms with E-state index in [1.807, 2.05) is 32.1 Å². The van der Waals surface area contributed by atoms with Gasteiger partial charge in [-0.2, -0.15) is 4.31 Å². The van der Waals surface area contributed by atoms with E-state index in [9.17, 15) is 8.42 Å². The van der Waals surface area contributed by atoms with Crippen LogP contribution >= 0.6 is 15.9 Å². The first-order chi connectivity index (χ1) is 8.44. The summed E-state index contributed by atoms with van der Waals surface area (Å²) < 4.78 is 27.8. The first-order valence-electron chi connectivity index (χ1n) is 6.19. The van der Waals surface area contributed by atoms with Gasteiger partial charge in [0.2, 0.25) is 10.0 Å². The van der Waals surface area contributed by atoms with Gasteiger partial charge >= 0.3 is 0 Å². The molecule has 1 unspecified atom stereocenters. The minimum atomic E-state index is -3.37. The molecule has 0 N–H and O–H groups in total. The summed E-state index contributed by atoms with van der Waals surface area (Å²) in [7, 11) is -3.37. The normalized spacial score (nSPS) is 26.4. The van der Waals surface area contributed by atoms with E-state index in [1.54, 1.807) is 4.31 Å². The number of halogens is 1. The van der Waals surface area contributed by atoms with Crippen molar-refractivity contribution in [2.45, 2.75) is 39.2 Å². The second-order valence-electron chi connectivity index (χ2n) is 4.86. The molecule has 1 aliphatic heterocycles. The third-order valence-electron chi connectivity index (χ3n) is 3.47. The van der Waals surface area contributed by atoms with Crippen LogP contribution in [0.15, 0.2) is 33.2 Å². The summed E-state index contributed by atoms with van der Waals surface area (Å²) in [5, 5.41) is 0. The van der Waals surface area contributed by atoms with E-state index >= 15 is 0 Å². The zero-order valence-electron chi connectivity index (χ0n) is 10.7. The van der Waals surface area contributed by atoms with Gasteiger partial charge in [-0.25, -0.2) is 8.42 Å². The van der Waals surface area contributed by atoms with E-state index in [4.69, 9.17) is 0 Å². The third kappa shape index (κ3) is 2.49. The number of hydrogen-bond donors (Lipinski definition) is 0. The number of rotatable bonds is 2. The highest BCUT2D eigenvalue weighted by Crippen LogP contribution is 2.34. The van der Waals surface area contributed by atoms with E-state index in [2.05, 4.69) is 15.9 Å². The molecule has 1 saturated heterocycles. The second-order valence-corrected chi connectivity index (χ2v) is 7.55. The lowest BCUT2D eigenvalue weighted by Crippen LogP contribution is -2.35. The molecule has 2 rings (SSSR count). The molecule has 0 amide bonds. The average molecular weight is 332 g/mol. The molecule has 1 atom stereocenters. The molecule has 0 aromatic carbocycles. The zero-order chi connectivity index (χ0) is 13.3. The third-order valence-corrected chi connectivity index (χ3v) is 6.63. The fourth-order valence-electron chi connectivity index (χ4n) is 2.49. The molecule has 18 heavy (non-hydrogen) atoms. The van der Waals surface area contributed by atoms with Crippen molar-refractivity contribution in [3.63, 3.8) is 0 Å². The van der Waals surface area contributed by atoms with Gasteiger partial charge in [0.1, 0.15) is 0 Å². The summed E-state index contributed by atoms with van der Waals surface area (Å²) in [6, 6.07) is 0.104. The molecule has 1 aliphatic carbocycles. The van der Waals surface area contributed by atoms with Crippen molar-refractivity contribution in [2.75, 3.05) is 6.54 Å². The average Bonchev–Trinajstić information content (AvgIpc) is 2.63. The highest BCUT2D eigenvalue weighted by atomic mass is 79.9. The first kappa shape index (κ1) is 14.0. The molecular weight excluding hydrogens is 314 g/mol. The molecule has 100 valence electrons. The molecule has 0 spiro atoms. The van der Waals surface area contributed by atoms with Gasteiger partial charge in [0.25, 0.3) is 0 Å². The van der Waals surface area contributed by atoms with Crippen LogP contribution in [-0.2, 0) is 10.0 Å². The Labute approximate surface area is 117 Å². The lowest BCUT2D eigenvalue weighted by Gasteiger charge is -2.23. The minimum Gasteiger partial charge on any atom is -0.207 e. The summed E-state index contributed by atoms with van der Waals surface area (Å²) >= 11 is 3.39. The second kappa shape index (κ2) is 5.31. The van der Waals surface area contributed by atoms with Crippen molar-refractivity contribution in [1.29, 1.82) is 0 Å². The molecule has 0 bridgehead atoms. The molecular formula is C13H18BrNO2S. The van der Waals surface area contributed by atoms with Crippen LogP contribution in [0.3, 0.4) is 0 Å². The molecule has 3 nitrogen and oxygen atoms in total. The van der Waals surface area contributed by atoms with Crippen LogP contribution < -0.4 is 0 Å². The highest BCUT2D eigenvalue weighted by Gasteiger charge is 2.35. The van der Waals surface area contributed by atoms with E-state index in [0.29, 0.717) is 22.4 Å². The largest absolute Gasteiger partial charge is 0.244 e. The van der Waals surface area contributed by atoms with Gasteiger partial charge in [0.15, 0.2) is 0 Å². The first-order valence-corrected chi connectivity index (χ1v) is 8.42. The molecule has 0 aromatic heterocycles. The Balaban J connectivity index is 2.46. The summed E-state index contributed by atoms with van der Waals surface area (Å²) in [5.41, 5.74) is 0.894. The maximum absolute atomic E-state index is 12.7. The number of hydrogen-bond acceptors (Lipinski definition) is 2. The smallest absolute Gasteiger partial charge is 0.207 e. The Hall–Kier alpha value is -0.390. The SMILES string of the molecule is CC1=C(S(=O)(=O)N2CCCC2C)C(Br)=CC=CC1. The van der Waals surface area contributed by atoms with Gasteiger partial charge < -0.3 is 0 Å². The van der Waals surface area contributed by atoms with Crippen LogP contribution in [-0.4, -0.2) is 25.3 Å². The maximum atomic E-state index is 12.7. The lowest BCUT2D eigenvalue weighted by atomic mass is 10.2. The van der Waals surface area contributed by atoms with Crippen LogP contribution in [0, 0.1) is 0 Å². The summed E-state index contributed by atoms with van der Waals surface area (Å²) in [4.78, 5) is 0.446. The highest BCUT2D eigenvalue weighted by molar-refractivity contribution is 9.12. The van der Waals surface area contributed by atoms with Crippen molar-refractivity contribution in [2.24, 2.45) is 0 Å². The lowest BCUT2D eigenvalue weighted by molar-refractivity contribution is 0.413.